The Hall–Kier alpha value is -0.720. The van der Waals surface area contributed by atoms with E-state index in [2.05, 4.69) is 31.1 Å². The quantitative estimate of drug-likeness (QED) is 0.705. The average Bonchev–Trinajstić information content (AvgIpc) is 2.64. The lowest BCUT2D eigenvalue weighted by Crippen LogP contribution is -2.06. The van der Waals surface area contributed by atoms with Crippen LogP contribution in [0.3, 0.4) is 0 Å². The van der Waals surface area contributed by atoms with Gasteiger partial charge in [-0.15, -0.1) is 0 Å². The van der Waals surface area contributed by atoms with Crippen LogP contribution in [0.5, 0.6) is 0 Å². The molecule has 0 fully saturated rings. The molecule has 0 saturated heterocycles. The molecular formula is C14H23N. The summed E-state index contributed by atoms with van der Waals surface area (Å²) in [7, 11) is 0. The van der Waals surface area contributed by atoms with E-state index in [0.29, 0.717) is 0 Å². The van der Waals surface area contributed by atoms with E-state index >= 15 is 0 Å². The van der Waals surface area contributed by atoms with E-state index in [1.54, 1.807) is 5.56 Å². The fraction of sp³-hybridized carbons (Fsp3) is 0.714. The Morgan fingerprint density at radius 2 is 2.00 bits per heavy atom. The van der Waals surface area contributed by atoms with Crippen molar-refractivity contribution in [2.45, 2.75) is 58.3 Å². The Morgan fingerprint density at radius 3 is 2.80 bits per heavy atom. The minimum atomic E-state index is 0.771. The Balaban J connectivity index is 2.18. The lowest BCUT2D eigenvalue weighted by molar-refractivity contribution is 0.442. The van der Waals surface area contributed by atoms with Gasteiger partial charge in [0.25, 0.3) is 0 Å². The summed E-state index contributed by atoms with van der Waals surface area (Å²) in [4.78, 5) is 3.44. The number of hydrogen-bond donors (Lipinski definition) is 1. The second kappa shape index (κ2) is 4.87. The van der Waals surface area contributed by atoms with Crippen LogP contribution in [0.4, 0.5) is 0 Å². The van der Waals surface area contributed by atoms with Gasteiger partial charge in [0.05, 0.1) is 0 Å². The third-order valence-electron chi connectivity index (χ3n) is 3.71. The molecule has 1 aromatic rings. The Morgan fingerprint density at radius 1 is 1.20 bits per heavy atom. The Kier molecular flexibility index (Phi) is 3.50. The number of aromatic amines is 1. The zero-order chi connectivity index (χ0) is 10.7. The number of H-pyrrole nitrogens is 1. The van der Waals surface area contributed by atoms with E-state index in [1.165, 1.54) is 44.2 Å². The molecule has 0 radical (unpaired) electrons. The van der Waals surface area contributed by atoms with Gasteiger partial charge in [0, 0.05) is 11.9 Å². The lowest BCUT2D eigenvalue weighted by Gasteiger charge is -2.20. The van der Waals surface area contributed by atoms with Crippen molar-refractivity contribution >= 4 is 0 Å². The van der Waals surface area contributed by atoms with Gasteiger partial charge in [0.1, 0.15) is 0 Å². The first-order chi connectivity index (χ1) is 7.27. The predicted molar refractivity (Wildman–Crippen MR) is 65.2 cm³/mol. The maximum Gasteiger partial charge on any atom is 0.0150 e. The van der Waals surface area contributed by atoms with Crippen LogP contribution in [-0.2, 0) is 6.42 Å². The van der Waals surface area contributed by atoms with Crippen LogP contribution in [0.2, 0.25) is 0 Å². The predicted octanol–water partition coefficient (Wildman–Crippen LogP) is 4.26. The third kappa shape index (κ3) is 2.64. The summed E-state index contributed by atoms with van der Waals surface area (Å²) in [6.07, 6.45) is 10.4. The van der Waals surface area contributed by atoms with Gasteiger partial charge in [0.15, 0.2) is 0 Å². The van der Waals surface area contributed by atoms with Gasteiger partial charge in [-0.05, 0) is 42.7 Å². The number of fused-ring (bicyclic) bond motifs is 2. The van der Waals surface area contributed by atoms with Crippen LogP contribution in [0, 0.1) is 5.92 Å². The first kappa shape index (κ1) is 10.8. The molecule has 1 nitrogen and oxygen atoms in total. The van der Waals surface area contributed by atoms with Gasteiger partial charge in [0.2, 0.25) is 0 Å². The number of aromatic nitrogens is 1. The Labute approximate surface area is 93.3 Å². The standard InChI is InChI=1S/C14H23N/c1-11(2)14-8-6-4-3-5-7-13-9-12(14)10-15-13/h9-11,14-15H,3-8H2,1-2H3. The number of hydrogen-bond acceptors (Lipinski definition) is 0. The molecule has 1 aromatic heterocycles. The third-order valence-corrected chi connectivity index (χ3v) is 3.71. The monoisotopic (exact) mass is 205 g/mol. The van der Waals surface area contributed by atoms with Crippen molar-refractivity contribution in [1.82, 2.24) is 4.98 Å². The van der Waals surface area contributed by atoms with Gasteiger partial charge in [-0.25, -0.2) is 0 Å². The molecule has 0 amide bonds. The molecule has 2 bridgehead atoms. The molecule has 1 atom stereocenters. The number of nitrogens with one attached hydrogen (secondary N) is 1. The molecule has 0 aromatic carbocycles. The van der Waals surface area contributed by atoms with E-state index < -0.39 is 0 Å². The smallest absolute Gasteiger partial charge is 0.0150 e. The Bertz CT molecular complexity index is 298. The van der Waals surface area contributed by atoms with Crippen LogP contribution in [0.25, 0.3) is 0 Å². The summed E-state index contributed by atoms with van der Waals surface area (Å²) in [5.74, 6) is 1.54. The maximum absolute atomic E-state index is 3.44. The molecule has 1 heteroatoms. The second-order valence-corrected chi connectivity index (χ2v) is 5.26. The topological polar surface area (TPSA) is 15.8 Å². The van der Waals surface area contributed by atoms with Crippen LogP contribution >= 0.6 is 0 Å². The molecule has 84 valence electrons. The van der Waals surface area contributed by atoms with Crippen LogP contribution in [-0.4, -0.2) is 4.98 Å². The van der Waals surface area contributed by atoms with Crippen molar-refractivity contribution in [3.8, 4) is 0 Å². The zero-order valence-corrected chi connectivity index (χ0v) is 10.1. The highest BCUT2D eigenvalue weighted by Crippen LogP contribution is 2.31. The van der Waals surface area contributed by atoms with Crippen molar-refractivity contribution in [2.24, 2.45) is 5.92 Å². The first-order valence-corrected chi connectivity index (χ1v) is 6.44. The SMILES string of the molecule is CC(C)C1CCCCCCc2cc1c[nH]2. The van der Waals surface area contributed by atoms with Crippen LogP contribution in [0.15, 0.2) is 12.3 Å². The number of aryl methyl sites for hydroxylation is 1. The minimum Gasteiger partial charge on any atom is -0.365 e. The van der Waals surface area contributed by atoms with E-state index in [1.807, 2.05) is 0 Å². The minimum absolute atomic E-state index is 0.771. The molecule has 1 aliphatic carbocycles. The van der Waals surface area contributed by atoms with E-state index in [9.17, 15) is 0 Å². The first-order valence-electron chi connectivity index (χ1n) is 6.44. The summed E-state index contributed by atoms with van der Waals surface area (Å²) < 4.78 is 0. The largest absolute Gasteiger partial charge is 0.365 e. The summed E-state index contributed by atoms with van der Waals surface area (Å²) in [5.41, 5.74) is 2.99. The highest BCUT2D eigenvalue weighted by atomic mass is 14.7. The fourth-order valence-electron chi connectivity index (χ4n) is 2.74. The highest BCUT2D eigenvalue weighted by molar-refractivity contribution is 5.22. The van der Waals surface area contributed by atoms with Gasteiger partial charge in [-0.1, -0.05) is 33.1 Å². The van der Waals surface area contributed by atoms with Crippen molar-refractivity contribution in [1.29, 1.82) is 0 Å². The molecule has 1 N–H and O–H groups in total. The highest BCUT2D eigenvalue weighted by Gasteiger charge is 2.17. The van der Waals surface area contributed by atoms with Gasteiger partial charge in [-0.2, -0.15) is 0 Å². The van der Waals surface area contributed by atoms with E-state index in [0.717, 1.165) is 11.8 Å². The molecule has 1 aliphatic rings. The normalized spacial score (nSPS) is 23.0. The van der Waals surface area contributed by atoms with Crippen LogP contribution < -0.4 is 0 Å². The van der Waals surface area contributed by atoms with Crippen molar-refractivity contribution < 1.29 is 0 Å². The maximum atomic E-state index is 3.44. The fourth-order valence-corrected chi connectivity index (χ4v) is 2.74. The van der Waals surface area contributed by atoms with E-state index in [4.69, 9.17) is 0 Å². The molecule has 0 spiro atoms. The summed E-state index contributed by atoms with van der Waals surface area (Å²) in [6.45, 7) is 4.70. The molecule has 15 heavy (non-hydrogen) atoms. The van der Waals surface area contributed by atoms with E-state index in [-0.39, 0.29) is 0 Å². The molecule has 1 heterocycles. The van der Waals surface area contributed by atoms with Crippen molar-refractivity contribution in [3.63, 3.8) is 0 Å². The average molecular weight is 205 g/mol. The molecule has 2 rings (SSSR count). The molecule has 0 saturated carbocycles. The second-order valence-electron chi connectivity index (χ2n) is 5.26. The molecular weight excluding hydrogens is 182 g/mol. The molecule has 0 aliphatic heterocycles. The summed E-state index contributed by atoms with van der Waals surface area (Å²) in [5, 5.41) is 0. The lowest BCUT2D eigenvalue weighted by atomic mass is 9.85. The summed E-state index contributed by atoms with van der Waals surface area (Å²) >= 11 is 0. The molecule has 1 unspecified atom stereocenters. The zero-order valence-electron chi connectivity index (χ0n) is 10.1. The van der Waals surface area contributed by atoms with Crippen molar-refractivity contribution in [3.05, 3.63) is 23.5 Å². The number of rotatable bonds is 1. The van der Waals surface area contributed by atoms with Gasteiger partial charge in [-0.3, -0.25) is 0 Å². The van der Waals surface area contributed by atoms with Crippen LogP contribution in [0.1, 0.15) is 63.1 Å². The van der Waals surface area contributed by atoms with Gasteiger partial charge < -0.3 is 4.98 Å². The van der Waals surface area contributed by atoms with Crippen molar-refractivity contribution in [2.75, 3.05) is 0 Å². The van der Waals surface area contributed by atoms with Gasteiger partial charge >= 0.3 is 0 Å². The summed E-state index contributed by atoms with van der Waals surface area (Å²) in [6, 6.07) is 2.40.